The van der Waals surface area contributed by atoms with E-state index in [1.54, 1.807) is 0 Å². The molecule has 0 nitrogen and oxygen atoms in total. The van der Waals surface area contributed by atoms with E-state index < -0.39 is 0 Å². The predicted molar refractivity (Wildman–Crippen MR) is 88.2 cm³/mol. The third-order valence-corrected chi connectivity index (χ3v) is 1.13. The number of rotatable bonds is 2. The molecular formula is C16H37W-. The SMILES string of the molecule is C.C.C.C.C.C.C#CC(C=[CH-])=C[C](C)=[W].CC. The molecule has 0 aromatic heterocycles. The summed E-state index contributed by atoms with van der Waals surface area (Å²) in [5.74, 6) is 2.46. The van der Waals surface area contributed by atoms with E-state index >= 15 is 0 Å². The minimum absolute atomic E-state index is 0. The summed E-state index contributed by atoms with van der Waals surface area (Å²) in [6, 6.07) is 0. The summed E-state index contributed by atoms with van der Waals surface area (Å²) in [6.45, 7) is 11.2. The van der Waals surface area contributed by atoms with Gasteiger partial charge in [0, 0.05) is 0 Å². The van der Waals surface area contributed by atoms with Crippen molar-refractivity contribution in [2.75, 3.05) is 0 Å². The molecule has 0 unspecified atom stereocenters. The van der Waals surface area contributed by atoms with Crippen LogP contribution in [0.5, 0.6) is 0 Å². The maximum Gasteiger partial charge on any atom is -0.0683 e. The first-order valence-electron chi connectivity index (χ1n) is 3.44. The Morgan fingerprint density at radius 1 is 1.06 bits per heavy atom. The molecular weight excluding hydrogens is 376 g/mol. The van der Waals surface area contributed by atoms with Crippen LogP contribution in [0, 0.1) is 18.9 Å². The minimum atomic E-state index is 0. The Hall–Kier alpha value is -0.402. The first-order valence-corrected chi connectivity index (χ1v) is 4.91. The molecule has 0 heterocycles. The third-order valence-electron chi connectivity index (χ3n) is 0.705. The molecule has 0 N–H and O–H groups in total. The van der Waals surface area contributed by atoms with Crippen LogP contribution in [0.25, 0.3) is 0 Å². The van der Waals surface area contributed by atoms with Crippen LogP contribution in [0.2, 0.25) is 0 Å². The van der Waals surface area contributed by atoms with E-state index in [1.165, 1.54) is 29.3 Å². The van der Waals surface area contributed by atoms with Crippen LogP contribution in [0.4, 0.5) is 0 Å². The smallest absolute Gasteiger partial charge is 0.0683 e. The summed E-state index contributed by atoms with van der Waals surface area (Å²) in [6.07, 6.45) is 8.43. The Balaban J connectivity index is -0.0000000160. The van der Waals surface area contributed by atoms with Crippen LogP contribution >= 0.6 is 0 Å². The van der Waals surface area contributed by atoms with Gasteiger partial charge < -0.3 is 0 Å². The van der Waals surface area contributed by atoms with E-state index in [0.717, 1.165) is 5.57 Å². The fourth-order valence-corrected chi connectivity index (χ4v) is 0.813. The van der Waals surface area contributed by atoms with Crippen LogP contribution < -0.4 is 0 Å². The van der Waals surface area contributed by atoms with Gasteiger partial charge in [0.25, 0.3) is 0 Å². The fourth-order valence-electron chi connectivity index (χ4n) is 0.357. The van der Waals surface area contributed by atoms with Gasteiger partial charge in [-0.25, -0.2) is 0 Å². The van der Waals surface area contributed by atoms with Gasteiger partial charge in [-0.05, 0) is 0 Å². The van der Waals surface area contributed by atoms with Gasteiger partial charge in [-0.3, -0.25) is 0 Å². The van der Waals surface area contributed by atoms with Gasteiger partial charge in [-0.1, -0.05) is 58.4 Å². The van der Waals surface area contributed by atoms with Gasteiger partial charge in [0.15, 0.2) is 0 Å². The molecule has 0 fully saturated rings. The molecule has 0 aromatic carbocycles. The summed E-state index contributed by atoms with van der Waals surface area (Å²) >= 11 is 1.42. The number of hydrogen-bond acceptors (Lipinski definition) is 0. The zero-order valence-corrected chi connectivity index (χ0v) is 10.2. The largest absolute Gasteiger partial charge is 0.0683 e. The second kappa shape index (κ2) is 45.0. The molecule has 0 radical (unpaired) electrons. The van der Waals surface area contributed by atoms with Crippen molar-refractivity contribution >= 4 is 3.90 Å². The normalized spacial score (nSPS) is 5.65. The molecule has 0 rings (SSSR count). The van der Waals surface area contributed by atoms with Gasteiger partial charge in [-0.15, -0.1) is 0 Å². The van der Waals surface area contributed by atoms with Crippen LogP contribution in [-0.2, 0) is 19.4 Å². The second-order valence-corrected chi connectivity index (χ2v) is 3.83. The monoisotopic (exact) mass is 413 g/mol. The quantitative estimate of drug-likeness (QED) is 0.291. The molecule has 108 valence electrons. The second-order valence-electron chi connectivity index (χ2n) is 1.52. The molecule has 17 heavy (non-hydrogen) atoms. The van der Waals surface area contributed by atoms with Gasteiger partial charge in [0.05, 0.1) is 0 Å². The standard InChI is InChI=1S/C8H7.C2H6.6CH4.W/c1-4-7-8(5-2)6-3;1-2;;;;;;;/h2-3,5,7H,1H3;1-2H3;6*1H4;/q-1;;;;;;;;. The molecule has 0 aliphatic carbocycles. The molecule has 0 spiro atoms. The summed E-state index contributed by atoms with van der Waals surface area (Å²) in [7, 11) is 0. The van der Waals surface area contributed by atoms with Crippen molar-refractivity contribution in [2.45, 2.75) is 65.3 Å². The molecule has 0 aliphatic heterocycles. The van der Waals surface area contributed by atoms with Crippen molar-refractivity contribution in [1.29, 1.82) is 0 Å². The third kappa shape index (κ3) is 50.0. The Labute approximate surface area is 125 Å². The Morgan fingerprint density at radius 3 is 1.41 bits per heavy atom. The van der Waals surface area contributed by atoms with E-state index in [4.69, 9.17) is 13.0 Å². The molecule has 0 atom stereocenters. The van der Waals surface area contributed by atoms with Crippen LogP contribution in [-0.4, -0.2) is 3.90 Å². The number of terminal acetylenes is 1. The predicted octanol–water partition coefficient (Wildman–Crippen LogP) is 6.12. The molecule has 0 bridgehead atoms. The van der Waals surface area contributed by atoms with Gasteiger partial charge in [-0.2, -0.15) is 0 Å². The molecule has 0 saturated heterocycles. The summed E-state index contributed by atoms with van der Waals surface area (Å²) in [5.41, 5.74) is 0.752. The molecule has 0 amide bonds. The van der Waals surface area contributed by atoms with Crippen molar-refractivity contribution in [3.05, 3.63) is 24.3 Å². The zero-order valence-electron chi connectivity index (χ0n) is 7.22. The van der Waals surface area contributed by atoms with Gasteiger partial charge in [0.2, 0.25) is 0 Å². The van der Waals surface area contributed by atoms with E-state index in [0.29, 0.717) is 0 Å². The van der Waals surface area contributed by atoms with Crippen molar-refractivity contribution < 1.29 is 19.4 Å². The average molecular weight is 413 g/mol. The average Bonchev–Trinajstić information content (AvgIpc) is 2.03. The first kappa shape index (κ1) is 54.6. The van der Waals surface area contributed by atoms with E-state index in [1.807, 2.05) is 26.8 Å². The van der Waals surface area contributed by atoms with Gasteiger partial charge >= 0.3 is 66.8 Å². The Morgan fingerprint density at radius 2 is 1.35 bits per heavy atom. The van der Waals surface area contributed by atoms with Crippen LogP contribution in [0.3, 0.4) is 0 Å². The Kier molecular flexibility index (Phi) is 144. The topological polar surface area (TPSA) is 0 Å². The van der Waals surface area contributed by atoms with E-state index in [9.17, 15) is 0 Å². The number of hydrogen-bond donors (Lipinski definition) is 0. The maximum absolute atomic E-state index is 5.19. The maximum atomic E-state index is 5.19. The Bertz CT molecular complexity index is 192. The number of allylic oxidation sites excluding steroid dienone is 3. The summed E-state index contributed by atoms with van der Waals surface area (Å²) in [4.78, 5) is 0. The van der Waals surface area contributed by atoms with E-state index in [-0.39, 0.29) is 44.6 Å². The van der Waals surface area contributed by atoms with Crippen LogP contribution in [0.1, 0.15) is 65.3 Å². The van der Waals surface area contributed by atoms with Crippen molar-refractivity contribution in [1.82, 2.24) is 0 Å². The van der Waals surface area contributed by atoms with E-state index in [2.05, 4.69) is 5.92 Å². The minimum Gasteiger partial charge on any atom is -0.0683 e. The van der Waals surface area contributed by atoms with Crippen molar-refractivity contribution in [2.24, 2.45) is 0 Å². The zero-order chi connectivity index (χ0) is 9.28. The molecule has 1 heteroatoms. The van der Waals surface area contributed by atoms with Crippen molar-refractivity contribution in [3.8, 4) is 12.3 Å². The fraction of sp³-hybridized carbons (Fsp3) is 0.562. The summed E-state index contributed by atoms with van der Waals surface area (Å²) < 4.78 is 1.24. The summed E-state index contributed by atoms with van der Waals surface area (Å²) in [5, 5.41) is 0. The molecule has 0 aliphatic rings. The van der Waals surface area contributed by atoms with Gasteiger partial charge in [0.1, 0.15) is 0 Å². The van der Waals surface area contributed by atoms with Crippen LogP contribution in [0.15, 0.2) is 17.7 Å². The molecule has 0 saturated carbocycles. The molecule has 0 aromatic rings. The van der Waals surface area contributed by atoms with Crippen molar-refractivity contribution in [3.63, 3.8) is 0 Å². The first-order chi connectivity index (χ1) is 5.20.